The number of carbonyl (C=O) groups is 1. The molecular formula is C14H12ClN5O2. The first kappa shape index (κ1) is 14.2. The van der Waals surface area contributed by atoms with Crippen molar-refractivity contribution < 1.29 is 9.21 Å². The highest BCUT2D eigenvalue weighted by atomic mass is 35.5. The Morgan fingerprint density at radius 2 is 2.23 bits per heavy atom. The van der Waals surface area contributed by atoms with E-state index in [4.69, 9.17) is 21.8 Å². The molecule has 22 heavy (non-hydrogen) atoms. The van der Waals surface area contributed by atoms with Gasteiger partial charge in [-0.3, -0.25) is 4.79 Å². The van der Waals surface area contributed by atoms with Gasteiger partial charge in [0.25, 0.3) is 5.91 Å². The van der Waals surface area contributed by atoms with Gasteiger partial charge in [0.05, 0.1) is 18.5 Å². The van der Waals surface area contributed by atoms with Crippen LogP contribution in [0.15, 0.2) is 47.1 Å². The summed E-state index contributed by atoms with van der Waals surface area (Å²) in [6.07, 6.45) is 1.53. The van der Waals surface area contributed by atoms with E-state index in [0.717, 1.165) is 0 Å². The van der Waals surface area contributed by atoms with Crippen molar-refractivity contribution >= 4 is 23.3 Å². The molecule has 0 bridgehead atoms. The zero-order chi connectivity index (χ0) is 15.5. The van der Waals surface area contributed by atoms with Gasteiger partial charge in [0, 0.05) is 5.02 Å². The van der Waals surface area contributed by atoms with E-state index in [1.165, 1.54) is 10.9 Å². The Morgan fingerprint density at radius 3 is 2.95 bits per heavy atom. The molecule has 1 amide bonds. The molecule has 3 rings (SSSR count). The van der Waals surface area contributed by atoms with Gasteiger partial charge in [0.2, 0.25) is 0 Å². The van der Waals surface area contributed by atoms with E-state index in [0.29, 0.717) is 16.5 Å². The summed E-state index contributed by atoms with van der Waals surface area (Å²) in [5.41, 5.74) is 6.62. The second-order valence-electron chi connectivity index (χ2n) is 4.48. The molecule has 3 N–H and O–H groups in total. The number of aromatic nitrogens is 3. The van der Waals surface area contributed by atoms with E-state index in [1.807, 2.05) is 0 Å². The van der Waals surface area contributed by atoms with Crippen LogP contribution < -0.4 is 11.1 Å². The summed E-state index contributed by atoms with van der Waals surface area (Å²) in [4.78, 5) is 12.1. The van der Waals surface area contributed by atoms with Crippen LogP contribution in [0.25, 0.3) is 5.69 Å². The molecule has 1 aromatic carbocycles. The topological polar surface area (TPSA) is 99.0 Å². The van der Waals surface area contributed by atoms with E-state index in [-0.39, 0.29) is 18.1 Å². The van der Waals surface area contributed by atoms with Crippen molar-refractivity contribution in [3.8, 4) is 5.69 Å². The number of nitrogens with zero attached hydrogens (tertiary/aromatic N) is 3. The lowest BCUT2D eigenvalue weighted by Gasteiger charge is -2.04. The lowest BCUT2D eigenvalue weighted by molar-refractivity contribution is 0.0944. The maximum Gasteiger partial charge on any atom is 0.276 e. The van der Waals surface area contributed by atoms with Crippen molar-refractivity contribution in [2.24, 2.45) is 0 Å². The molecule has 0 saturated carbocycles. The molecule has 0 unspecified atom stereocenters. The minimum absolute atomic E-state index is 0.0477. The quantitative estimate of drug-likeness (QED) is 0.767. The predicted molar refractivity (Wildman–Crippen MR) is 80.7 cm³/mol. The Kier molecular flexibility index (Phi) is 3.80. The highest BCUT2D eigenvalue weighted by Gasteiger charge is 2.18. The summed E-state index contributed by atoms with van der Waals surface area (Å²) in [6, 6.07) is 10.4. The van der Waals surface area contributed by atoms with E-state index in [1.54, 1.807) is 36.4 Å². The van der Waals surface area contributed by atoms with Gasteiger partial charge in [-0.25, -0.2) is 0 Å². The third kappa shape index (κ3) is 2.79. The number of hydrogen-bond donors (Lipinski definition) is 2. The Balaban J connectivity index is 1.79. The number of anilines is 1. The van der Waals surface area contributed by atoms with Crippen molar-refractivity contribution in [1.82, 2.24) is 20.3 Å². The van der Waals surface area contributed by atoms with E-state index >= 15 is 0 Å². The number of amides is 1. The molecule has 0 spiro atoms. The van der Waals surface area contributed by atoms with Crippen LogP contribution in [0.4, 0.5) is 5.82 Å². The first-order chi connectivity index (χ1) is 10.6. The second-order valence-corrected chi connectivity index (χ2v) is 4.91. The molecule has 2 aromatic heterocycles. The second kappa shape index (κ2) is 5.90. The fourth-order valence-corrected chi connectivity index (χ4v) is 2.10. The van der Waals surface area contributed by atoms with E-state index in [9.17, 15) is 4.79 Å². The number of rotatable bonds is 4. The van der Waals surface area contributed by atoms with Gasteiger partial charge in [0.15, 0.2) is 11.5 Å². The van der Waals surface area contributed by atoms with Gasteiger partial charge in [-0.05, 0) is 30.3 Å². The van der Waals surface area contributed by atoms with Gasteiger partial charge in [-0.2, -0.15) is 4.68 Å². The third-order valence-corrected chi connectivity index (χ3v) is 3.21. The minimum atomic E-state index is -0.429. The first-order valence-electron chi connectivity index (χ1n) is 6.43. The zero-order valence-corrected chi connectivity index (χ0v) is 12.1. The largest absolute Gasteiger partial charge is 0.467 e. The molecule has 0 radical (unpaired) electrons. The maximum absolute atomic E-state index is 12.1. The minimum Gasteiger partial charge on any atom is -0.467 e. The van der Waals surface area contributed by atoms with Crippen LogP contribution in [-0.4, -0.2) is 20.9 Å². The molecule has 0 aliphatic heterocycles. The van der Waals surface area contributed by atoms with E-state index < -0.39 is 5.91 Å². The van der Waals surface area contributed by atoms with Gasteiger partial charge < -0.3 is 15.5 Å². The molecule has 8 heteroatoms. The van der Waals surface area contributed by atoms with Crippen LogP contribution in [0.1, 0.15) is 16.2 Å². The molecule has 2 heterocycles. The molecule has 0 saturated heterocycles. The SMILES string of the molecule is Nc1c(C(=O)NCc2ccco2)nnn1-c1cccc(Cl)c1. The fraction of sp³-hybridized carbons (Fsp3) is 0.0714. The Hall–Kier alpha value is -2.80. The standard InChI is InChI=1S/C14H12ClN5O2/c15-9-3-1-4-10(7-9)20-13(16)12(18-19-20)14(21)17-8-11-5-2-6-22-11/h1-7H,8,16H2,(H,17,21). The Labute approximate surface area is 130 Å². The number of halogens is 1. The van der Waals surface area contributed by atoms with Gasteiger partial charge in [-0.15, -0.1) is 5.10 Å². The molecule has 112 valence electrons. The van der Waals surface area contributed by atoms with Crippen molar-refractivity contribution in [3.63, 3.8) is 0 Å². The summed E-state index contributed by atoms with van der Waals surface area (Å²) < 4.78 is 6.49. The summed E-state index contributed by atoms with van der Waals surface area (Å²) in [5.74, 6) is 0.343. The smallest absolute Gasteiger partial charge is 0.276 e. The summed E-state index contributed by atoms with van der Waals surface area (Å²) in [6.45, 7) is 0.245. The van der Waals surface area contributed by atoms with Crippen LogP contribution in [0.2, 0.25) is 5.02 Å². The Morgan fingerprint density at radius 1 is 1.36 bits per heavy atom. The van der Waals surface area contributed by atoms with E-state index in [2.05, 4.69) is 15.6 Å². The summed E-state index contributed by atoms with van der Waals surface area (Å²) >= 11 is 5.93. The molecule has 0 aliphatic rings. The zero-order valence-electron chi connectivity index (χ0n) is 11.4. The van der Waals surface area contributed by atoms with Gasteiger partial charge >= 0.3 is 0 Å². The lowest BCUT2D eigenvalue weighted by atomic mass is 10.3. The van der Waals surface area contributed by atoms with Gasteiger partial charge in [-0.1, -0.05) is 22.9 Å². The average Bonchev–Trinajstić information content (AvgIpc) is 3.14. The maximum atomic E-state index is 12.1. The van der Waals surface area contributed by atoms with Crippen molar-refractivity contribution in [2.45, 2.75) is 6.54 Å². The number of nitrogens with two attached hydrogens (primary N) is 1. The molecule has 0 fully saturated rings. The number of nitrogen functional groups attached to an aromatic ring is 1. The molecule has 3 aromatic rings. The third-order valence-electron chi connectivity index (χ3n) is 2.98. The van der Waals surface area contributed by atoms with Crippen molar-refractivity contribution in [3.05, 3.63) is 59.1 Å². The normalized spacial score (nSPS) is 10.6. The highest BCUT2D eigenvalue weighted by Crippen LogP contribution is 2.18. The van der Waals surface area contributed by atoms with Gasteiger partial charge in [0.1, 0.15) is 5.76 Å². The van der Waals surface area contributed by atoms with Crippen molar-refractivity contribution in [2.75, 3.05) is 5.73 Å². The number of hydrogen-bond acceptors (Lipinski definition) is 5. The number of benzene rings is 1. The Bertz CT molecular complexity index is 797. The molecule has 7 nitrogen and oxygen atoms in total. The number of nitrogens with one attached hydrogen (secondary N) is 1. The predicted octanol–water partition coefficient (Wildman–Crippen LogP) is 2.03. The first-order valence-corrected chi connectivity index (χ1v) is 6.80. The van der Waals surface area contributed by atoms with Crippen LogP contribution in [0.5, 0.6) is 0 Å². The monoisotopic (exact) mass is 317 g/mol. The molecular weight excluding hydrogens is 306 g/mol. The fourth-order valence-electron chi connectivity index (χ4n) is 1.91. The van der Waals surface area contributed by atoms with Crippen LogP contribution in [-0.2, 0) is 6.54 Å². The van der Waals surface area contributed by atoms with Crippen molar-refractivity contribution in [1.29, 1.82) is 0 Å². The number of carbonyl (C=O) groups excluding carboxylic acids is 1. The molecule has 0 atom stereocenters. The molecule has 0 aliphatic carbocycles. The average molecular weight is 318 g/mol. The van der Waals surface area contributed by atoms with Crippen LogP contribution in [0, 0.1) is 0 Å². The van der Waals surface area contributed by atoms with Crippen LogP contribution >= 0.6 is 11.6 Å². The highest BCUT2D eigenvalue weighted by molar-refractivity contribution is 6.30. The summed E-state index contributed by atoms with van der Waals surface area (Å²) in [5, 5.41) is 10.9. The number of furan rings is 1. The summed E-state index contributed by atoms with van der Waals surface area (Å²) in [7, 11) is 0. The lowest BCUT2D eigenvalue weighted by Crippen LogP contribution is -2.24. The van der Waals surface area contributed by atoms with Crippen LogP contribution in [0.3, 0.4) is 0 Å².